The molecule has 0 aliphatic carbocycles. The number of rotatable bonds is 2. The lowest BCUT2D eigenvalue weighted by molar-refractivity contribution is 0.523. The van der Waals surface area contributed by atoms with E-state index < -0.39 is 0 Å². The number of thiol groups is 1. The third-order valence-electron chi connectivity index (χ3n) is 1.14. The van der Waals surface area contributed by atoms with E-state index in [-0.39, 0.29) is 0 Å². The second-order valence-corrected chi connectivity index (χ2v) is 2.95. The van der Waals surface area contributed by atoms with Crippen molar-refractivity contribution in [3.63, 3.8) is 0 Å². The van der Waals surface area contributed by atoms with Gasteiger partial charge in [-0.25, -0.2) is 4.98 Å². The van der Waals surface area contributed by atoms with Gasteiger partial charge in [0, 0.05) is 18.9 Å². The van der Waals surface area contributed by atoms with Crippen molar-refractivity contribution in [2.75, 3.05) is 0 Å². The predicted molar refractivity (Wildman–Crippen MR) is 51.7 cm³/mol. The average Bonchev–Trinajstić information content (AvgIpc) is 2.40. The van der Waals surface area contributed by atoms with Crippen molar-refractivity contribution in [2.45, 2.75) is 20.4 Å². The Bertz CT molecular complexity index is 223. The smallest absolute Gasteiger partial charge is 0.130 e. The molecule has 1 aromatic rings. The lowest BCUT2D eigenvalue weighted by Crippen LogP contribution is -2.00. The van der Waals surface area contributed by atoms with Crippen LogP contribution in [0.2, 0.25) is 0 Å². The fourth-order valence-corrected chi connectivity index (χ4v) is 0.816. The molecule has 1 rings (SSSR count). The summed E-state index contributed by atoms with van der Waals surface area (Å²) in [7, 11) is 0. The molecule has 0 bridgehead atoms. The summed E-state index contributed by atoms with van der Waals surface area (Å²) in [5.74, 6) is 0.708. The summed E-state index contributed by atoms with van der Waals surface area (Å²) in [4.78, 5) is 3.94. The molecule has 0 N–H and O–H groups in total. The topological polar surface area (TPSA) is 41.6 Å². The monoisotopic (exact) mass is 183 g/mol. The van der Waals surface area contributed by atoms with E-state index in [1.54, 1.807) is 0 Å². The maximum Gasteiger partial charge on any atom is 0.130 e. The Hall–Kier alpha value is -0.950. The number of aromatic nitrogens is 2. The molecule has 0 aliphatic heterocycles. The van der Waals surface area contributed by atoms with Gasteiger partial charge in [-0.2, -0.15) is 5.26 Å². The van der Waals surface area contributed by atoms with Gasteiger partial charge in [0.1, 0.15) is 5.40 Å². The first-order valence-corrected chi connectivity index (χ1v) is 4.14. The van der Waals surface area contributed by atoms with Crippen LogP contribution in [0.3, 0.4) is 0 Å². The molecular formula is C8H13N3S. The van der Waals surface area contributed by atoms with E-state index in [0.29, 0.717) is 5.92 Å². The van der Waals surface area contributed by atoms with Gasteiger partial charge in [-0.1, -0.05) is 26.5 Å². The predicted octanol–water partition coefficient (Wildman–Crippen LogP) is 1.94. The minimum atomic E-state index is 0.708. The second kappa shape index (κ2) is 6.74. The standard InChI is InChI=1S/C7H12N2.CHNS/c1-7(2)5-9-4-3-8-6-9;2-1-3/h3-4,6-7H,5H2,1-2H3;3H. The molecule has 3 nitrogen and oxygen atoms in total. The molecule has 0 saturated carbocycles. The van der Waals surface area contributed by atoms with Gasteiger partial charge in [-0.3, -0.25) is 0 Å². The van der Waals surface area contributed by atoms with Gasteiger partial charge in [0.15, 0.2) is 0 Å². The Kier molecular flexibility index (Phi) is 6.21. The highest BCUT2D eigenvalue weighted by atomic mass is 32.1. The number of nitriles is 1. The highest BCUT2D eigenvalue weighted by Gasteiger charge is 1.92. The van der Waals surface area contributed by atoms with Crippen LogP contribution in [-0.4, -0.2) is 9.55 Å². The van der Waals surface area contributed by atoms with Crippen molar-refractivity contribution in [2.24, 2.45) is 5.92 Å². The van der Waals surface area contributed by atoms with Gasteiger partial charge in [-0.15, -0.1) is 0 Å². The van der Waals surface area contributed by atoms with Crippen LogP contribution in [-0.2, 0) is 6.54 Å². The van der Waals surface area contributed by atoms with Crippen molar-refractivity contribution < 1.29 is 0 Å². The normalized spacial score (nSPS) is 8.58. The van der Waals surface area contributed by atoms with Crippen molar-refractivity contribution in [1.82, 2.24) is 9.55 Å². The second-order valence-electron chi connectivity index (χ2n) is 2.75. The van der Waals surface area contributed by atoms with E-state index in [4.69, 9.17) is 5.26 Å². The summed E-state index contributed by atoms with van der Waals surface area (Å²) in [6.45, 7) is 5.46. The minimum Gasteiger partial charge on any atom is -0.337 e. The summed E-state index contributed by atoms with van der Waals surface area (Å²) < 4.78 is 2.09. The largest absolute Gasteiger partial charge is 0.337 e. The molecule has 1 heterocycles. The van der Waals surface area contributed by atoms with Gasteiger partial charge < -0.3 is 4.57 Å². The molecule has 4 heteroatoms. The Labute approximate surface area is 78.4 Å². The van der Waals surface area contributed by atoms with Crippen LogP contribution in [0.15, 0.2) is 18.7 Å². The third-order valence-corrected chi connectivity index (χ3v) is 1.14. The Morgan fingerprint density at radius 2 is 2.25 bits per heavy atom. The van der Waals surface area contributed by atoms with E-state index in [2.05, 4.69) is 36.0 Å². The molecule has 0 spiro atoms. The SMILES string of the molecule is CC(C)Cn1ccnc1.N#CS. The molecule has 66 valence electrons. The number of thiocyanates is 1. The number of hydrogen-bond donors (Lipinski definition) is 1. The van der Waals surface area contributed by atoms with Gasteiger partial charge in [0.05, 0.1) is 6.33 Å². The van der Waals surface area contributed by atoms with Crippen LogP contribution < -0.4 is 0 Å². The summed E-state index contributed by atoms with van der Waals surface area (Å²) in [6.07, 6.45) is 5.64. The van der Waals surface area contributed by atoms with Gasteiger partial charge in [-0.05, 0) is 5.92 Å². The molecule has 0 aliphatic rings. The lowest BCUT2D eigenvalue weighted by atomic mass is 10.2. The van der Waals surface area contributed by atoms with E-state index in [9.17, 15) is 0 Å². The zero-order chi connectivity index (χ0) is 9.40. The Morgan fingerprint density at radius 3 is 2.58 bits per heavy atom. The van der Waals surface area contributed by atoms with E-state index in [1.807, 2.05) is 18.7 Å². The summed E-state index contributed by atoms with van der Waals surface area (Å²) in [6, 6.07) is 0. The van der Waals surface area contributed by atoms with E-state index in [1.165, 1.54) is 5.40 Å². The highest BCUT2D eigenvalue weighted by molar-refractivity contribution is 7.85. The molecule has 0 amide bonds. The summed E-state index contributed by atoms with van der Waals surface area (Å²) in [5.41, 5.74) is 0. The lowest BCUT2D eigenvalue weighted by Gasteiger charge is -2.03. The first kappa shape index (κ1) is 11.1. The number of nitrogens with zero attached hydrogens (tertiary/aromatic N) is 3. The molecule has 0 radical (unpaired) electrons. The zero-order valence-corrected chi connectivity index (χ0v) is 8.20. The van der Waals surface area contributed by atoms with E-state index >= 15 is 0 Å². The number of imidazole rings is 1. The molecule has 0 aromatic carbocycles. The van der Waals surface area contributed by atoms with Crippen molar-refractivity contribution in [3.8, 4) is 5.40 Å². The average molecular weight is 183 g/mol. The van der Waals surface area contributed by atoms with Gasteiger partial charge in [0.2, 0.25) is 0 Å². The molecule has 0 unspecified atom stereocenters. The molecular weight excluding hydrogens is 170 g/mol. The highest BCUT2D eigenvalue weighted by Crippen LogP contribution is 1.96. The van der Waals surface area contributed by atoms with Crippen LogP contribution in [0, 0.1) is 16.6 Å². The van der Waals surface area contributed by atoms with Gasteiger partial charge >= 0.3 is 0 Å². The van der Waals surface area contributed by atoms with Crippen molar-refractivity contribution in [3.05, 3.63) is 18.7 Å². The number of hydrogen-bond acceptors (Lipinski definition) is 3. The fourth-order valence-electron chi connectivity index (χ4n) is 0.816. The Balaban J connectivity index is 0.000000354. The first-order chi connectivity index (χ1) is 5.70. The molecule has 0 atom stereocenters. The quantitative estimate of drug-likeness (QED) is 0.562. The molecule has 12 heavy (non-hydrogen) atoms. The van der Waals surface area contributed by atoms with Crippen LogP contribution >= 0.6 is 12.6 Å². The Morgan fingerprint density at radius 1 is 1.67 bits per heavy atom. The van der Waals surface area contributed by atoms with Crippen molar-refractivity contribution in [1.29, 1.82) is 5.26 Å². The zero-order valence-electron chi connectivity index (χ0n) is 7.31. The van der Waals surface area contributed by atoms with Crippen LogP contribution in [0.5, 0.6) is 0 Å². The van der Waals surface area contributed by atoms with Crippen LogP contribution in [0.1, 0.15) is 13.8 Å². The first-order valence-electron chi connectivity index (χ1n) is 3.69. The third kappa shape index (κ3) is 5.81. The van der Waals surface area contributed by atoms with Crippen LogP contribution in [0.4, 0.5) is 0 Å². The van der Waals surface area contributed by atoms with Gasteiger partial charge in [0.25, 0.3) is 0 Å². The molecule has 0 fully saturated rings. The van der Waals surface area contributed by atoms with E-state index in [0.717, 1.165) is 6.54 Å². The minimum absolute atomic E-state index is 0.708. The summed E-state index contributed by atoms with van der Waals surface area (Å²) >= 11 is 3.09. The summed E-state index contributed by atoms with van der Waals surface area (Å²) in [5, 5.41) is 8.63. The fraction of sp³-hybridized carbons (Fsp3) is 0.500. The van der Waals surface area contributed by atoms with Crippen LogP contribution in [0.25, 0.3) is 0 Å². The molecule has 1 aromatic heterocycles. The maximum absolute atomic E-state index is 7.18. The molecule has 0 saturated heterocycles. The van der Waals surface area contributed by atoms with Crippen molar-refractivity contribution >= 4 is 12.6 Å². The maximum atomic E-state index is 7.18.